The molecule has 0 aliphatic heterocycles. The molecule has 0 bridgehead atoms. The van der Waals surface area contributed by atoms with E-state index in [0.717, 1.165) is 16.1 Å². The monoisotopic (exact) mass is 292 g/mol. The van der Waals surface area contributed by atoms with Gasteiger partial charge in [0.15, 0.2) is 0 Å². The average molecular weight is 292 g/mol. The minimum Gasteiger partial charge on any atom is -0.325 e. The van der Waals surface area contributed by atoms with Crippen molar-refractivity contribution in [2.45, 2.75) is 26.4 Å². The van der Waals surface area contributed by atoms with Gasteiger partial charge in [0.1, 0.15) is 5.82 Å². The zero-order valence-electron chi connectivity index (χ0n) is 11.4. The van der Waals surface area contributed by atoms with Crippen molar-refractivity contribution in [3.63, 3.8) is 0 Å². The van der Waals surface area contributed by atoms with E-state index in [0.29, 0.717) is 6.54 Å². The van der Waals surface area contributed by atoms with Crippen molar-refractivity contribution >= 4 is 22.9 Å². The smallest absolute Gasteiger partial charge is 0.221 e. The first-order chi connectivity index (χ1) is 9.56. The maximum Gasteiger partial charge on any atom is 0.221 e. The average Bonchev–Trinajstić information content (AvgIpc) is 2.82. The summed E-state index contributed by atoms with van der Waals surface area (Å²) in [4.78, 5) is 12.2. The Balaban J connectivity index is 1.98. The molecular weight excluding hydrogens is 275 g/mol. The van der Waals surface area contributed by atoms with E-state index in [2.05, 4.69) is 10.6 Å². The quantitative estimate of drug-likeness (QED) is 0.882. The molecule has 5 heteroatoms. The van der Waals surface area contributed by atoms with Gasteiger partial charge in [-0.05, 0) is 36.1 Å². The molecule has 1 amide bonds. The second-order valence-corrected chi connectivity index (χ2v) is 5.60. The van der Waals surface area contributed by atoms with Crippen molar-refractivity contribution in [3.8, 4) is 0 Å². The summed E-state index contributed by atoms with van der Waals surface area (Å²) < 4.78 is 13.2. The first-order valence-corrected chi connectivity index (χ1v) is 7.27. The van der Waals surface area contributed by atoms with Gasteiger partial charge in [0, 0.05) is 24.4 Å². The molecule has 0 fully saturated rings. The number of hydrogen-bond acceptors (Lipinski definition) is 3. The van der Waals surface area contributed by atoms with Gasteiger partial charge in [0.2, 0.25) is 5.91 Å². The molecule has 2 rings (SSSR count). The van der Waals surface area contributed by atoms with Gasteiger partial charge in [0.05, 0.1) is 5.69 Å². The van der Waals surface area contributed by atoms with Crippen LogP contribution >= 0.6 is 11.3 Å². The van der Waals surface area contributed by atoms with Crippen molar-refractivity contribution in [3.05, 3.63) is 52.0 Å². The van der Waals surface area contributed by atoms with Gasteiger partial charge in [-0.25, -0.2) is 4.39 Å². The van der Waals surface area contributed by atoms with Crippen molar-refractivity contribution in [1.29, 1.82) is 0 Å². The van der Waals surface area contributed by atoms with Gasteiger partial charge in [-0.2, -0.15) is 0 Å². The Bertz CT molecular complexity index is 597. The fourth-order valence-corrected chi connectivity index (χ4v) is 2.70. The predicted molar refractivity (Wildman–Crippen MR) is 80.3 cm³/mol. The highest BCUT2D eigenvalue weighted by atomic mass is 32.1. The second-order valence-electron chi connectivity index (χ2n) is 4.60. The Morgan fingerprint density at radius 2 is 2.20 bits per heavy atom. The number of amides is 1. The molecule has 0 unspecified atom stereocenters. The van der Waals surface area contributed by atoms with Crippen molar-refractivity contribution in [1.82, 2.24) is 5.32 Å². The van der Waals surface area contributed by atoms with Crippen LogP contribution in [0.1, 0.15) is 30.3 Å². The van der Waals surface area contributed by atoms with E-state index in [1.165, 1.54) is 19.1 Å². The third-order valence-corrected chi connectivity index (χ3v) is 3.89. The summed E-state index contributed by atoms with van der Waals surface area (Å²) in [5.74, 6) is -0.311. The van der Waals surface area contributed by atoms with Gasteiger partial charge in [-0.15, -0.1) is 11.3 Å². The number of carbonyl (C=O) groups excluding carboxylic acids is 1. The molecule has 0 aliphatic carbocycles. The molecule has 20 heavy (non-hydrogen) atoms. The van der Waals surface area contributed by atoms with Crippen LogP contribution in [0, 0.1) is 5.82 Å². The van der Waals surface area contributed by atoms with Gasteiger partial charge < -0.3 is 10.6 Å². The standard InChI is InChI=1S/C15H17FN2OS/c1-10(12-4-3-5-13(16)8-12)17-9-15-14(6-7-20-15)18-11(2)19/h3-8,10,17H,9H2,1-2H3,(H,18,19)/t10-/m1/s1. The topological polar surface area (TPSA) is 41.1 Å². The van der Waals surface area contributed by atoms with Crippen molar-refractivity contribution in [2.75, 3.05) is 5.32 Å². The van der Waals surface area contributed by atoms with Crippen molar-refractivity contribution < 1.29 is 9.18 Å². The molecule has 2 aromatic rings. The minimum atomic E-state index is -0.230. The van der Waals surface area contributed by atoms with Crippen LogP contribution in [0.25, 0.3) is 0 Å². The van der Waals surface area contributed by atoms with Crippen LogP contribution in [-0.2, 0) is 11.3 Å². The Kier molecular flexibility index (Phi) is 4.87. The van der Waals surface area contributed by atoms with Crippen LogP contribution in [0.3, 0.4) is 0 Å². The second kappa shape index (κ2) is 6.63. The zero-order chi connectivity index (χ0) is 14.5. The summed E-state index contributed by atoms with van der Waals surface area (Å²) in [6.07, 6.45) is 0. The molecule has 106 valence electrons. The van der Waals surface area contributed by atoms with Crippen molar-refractivity contribution in [2.24, 2.45) is 0 Å². The van der Waals surface area contributed by atoms with E-state index in [1.807, 2.05) is 24.4 Å². The lowest BCUT2D eigenvalue weighted by atomic mass is 10.1. The molecule has 1 atom stereocenters. The van der Waals surface area contributed by atoms with E-state index in [4.69, 9.17) is 0 Å². The molecule has 1 aromatic heterocycles. The highest BCUT2D eigenvalue weighted by Gasteiger charge is 2.09. The van der Waals surface area contributed by atoms with Crippen LogP contribution in [0.4, 0.5) is 10.1 Å². The van der Waals surface area contributed by atoms with Crippen LogP contribution < -0.4 is 10.6 Å². The van der Waals surface area contributed by atoms with Gasteiger partial charge in [0.25, 0.3) is 0 Å². The third kappa shape index (κ3) is 3.88. The minimum absolute atomic E-state index is 0.0398. The number of rotatable bonds is 5. The SMILES string of the molecule is CC(=O)Nc1ccsc1CN[C@H](C)c1cccc(F)c1. The number of thiophene rings is 1. The van der Waals surface area contributed by atoms with Crippen LogP contribution in [0.15, 0.2) is 35.7 Å². The lowest BCUT2D eigenvalue weighted by Crippen LogP contribution is -2.18. The fraction of sp³-hybridized carbons (Fsp3) is 0.267. The largest absolute Gasteiger partial charge is 0.325 e. The van der Waals surface area contributed by atoms with Crippen LogP contribution in [0.5, 0.6) is 0 Å². The molecule has 1 aromatic carbocycles. The lowest BCUT2D eigenvalue weighted by molar-refractivity contribution is -0.114. The molecule has 1 heterocycles. The molecule has 0 aliphatic rings. The summed E-state index contributed by atoms with van der Waals surface area (Å²) in [5, 5.41) is 8.07. The Morgan fingerprint density at radius 3 is 2.90 bits per heavy atom. The van der Waals surface area contributed by atoms with Gasteiger partial charge in [-0.1, -0.05) is 12.1 Å². The zero-order valence-corrected chi connectivity index (χ0v) is 12.3. The molecule has 3 nitrogen and oxygen atoms in total. The van der Waals surface area contributed by atoms with Gasteiger partial charge in [-0.3, -0.25) is 4.79 Å². The molecule has 0 saturated heterocycles. The molecule has 0 spiro atoms. The number of anilines is 1. The van der Waals surface area contributed by atoms with E-state index < -0.39 is 0 Å². The number of nitrogens with one attached hydrogen (secondary N) is 2. The summed E-state index contributed by atoms with van der Waals surface area (Å²) in [6, 6.07) is 8.49. The van der Waals surface area contributed by atoms with E-state index >= 15 is 0 Å². The van der Waals surface area contributed by atoms with Crippen LogP contribution in [0.2, 0.25) is 0 Å². The summed E-state index contributed by atoms with van der Waals surface area (Å²) in [5.41, 5.74) is 1.74. The highest BCUT2D eigenvalue weighted by molar-refractivity contribution is 7.10. The lowest BCUT2D eigenvalue weighted by Gasteiger charge is -2.14. The Hall–Kier alpha value is -1.72. The molecular formula is C15H17FN2OS. The Morgan fingerprint density at radius 1 is 1.40 bits per heavy atom. The fourth-order valence-electron chi connectivity index (χ4n) is 1.92. The summed E-state index contributed by atoms with van der Waals surface area (Å²) in [7, 11) is 0. The first-order valence-electron chi connectivity index (χ1n) is 6.39. The molecule has 0 radical (unpaired) electrons. The van der Waals surface area contributed by atoms with E-state index in [-0.39, 0.29) is 17.8 Å². The Labute approximate surface area is 121 Å². The van der Waals surface area contributed by atoms with Crippen LogP contribution in [-0.4, -0.2) is 5.91 Å². The molecule has 2 N–H and O–H groups in total. The maximum atomic E-state index is 13.2. The summed E-state index contributed by atoms with van der Waals surface area (Å²) >= 11 is 1.58. The number of hydrogen-bond donors (Lipinski definition) is 2. The first kappa shape index (κ1) is 14.7. The number of carbonyl (C=O) groups is 1. The molecule has 0 saturated carbocycles. The van der Waals surface area contributed by atoms with E-state index in [1.54, 1.807) is 17.4 Å². The highest BCUT2D eigenvalue weighted by Crippen LogP contribution is 2.23. The normalized spacial score (nSPS) is 12.2. The summed E-state index contributed by atoms with van der Waals surface area (Å²) in [6.45, 7) is 4.11. The number of benzene rings is 1. The third-order valence-electron chi connectivity index (χ3n) is 2.97. The van der Waals surface area contributed by atoms with Gasteiger partial charge >= 0.3 is 0 Å². The maximum absolute atomic E-state index is 13.2. The van der Waals surface area contributed by atoms with E-state index in [9.17, 15) is 9.18 Å². The predicted octanol–water partition coefficient (Wildman–Crippen LogP) is 3.70. The number of halogens is 1.